The normalized spacial score (nSPS) is 19.0. The summed E-state index contributed by atoms with van der Waals surface area (Å²) in [5.74, 6) is -1.04. The molecule has 3 amide bonds. The Hall–Kier alpha value is -2.90. The minimum absolute atomic E-state index is 0.00378. The number of nitrogens with zero attached hydrogens (tertiary/aromatic N) is 2. The molecular weight excluding hydrogens is 422 g/mol. The third-order valence-corrected chi connectivity index (χ3v) is 6.47. The van der Waals surface area contributed by atoms with Gasteiger partial charge in [0.25, 0.3) is 5.91 Å². The first-order valence-electron chi connectivity index (χ1n) is 12.0. The van der Waals surface area contributed by atoms with Crippen LogP contribution in [0, 0.1) is 11.8 Å². The Labute approximate surface area is 195 Å². The predicted octanol–water partition coefficient (Wildman–Crippen LogP) is 3.08. The third kappa shape index (κ3) is 6.79. The van der Waals surface area contributed by atoms with Crippen LogP contribution in [0.4, 0.5) is 5.69 Å². The molecule has 1 N–H and O–H groups in total. The van der Waals surface area contributed by atoms with Gasteiger partial charge in [0.05, 0.1) is 19.1 Å². The molecule has 0 radical (unpaired) electrons. The second-order valence-corrected chi connectivity index (χ2v) is 9.00. The van der Waals surface area contributed by atoms with Crippen molar-refractivity contribution >= 4 is 29.4 Å². The van der Waals surface area contributed by atoms with Gasteiger partial charge in [0, 0.05) is 37.3 Å². The number of hydrogen-bond donors (Lipinski definition) is 1. The lowest BCUT2D eigenvalue weighted by Crippen LogP contribution is -2.47. The largest absolute Gasteiger partial charge is 0.466 e. The smallest absolute Gasteiger partial charge is 0.310 e. The van der Waals surface area contributed by atoms with E-state index in [1.54, 1.807) is 43.1 Å². The van der Waals surface area contributed by atoms with Gasteiger partial charge in [-0.1, -0.05) is 25.3 Å². The van der Waals surface area contributed by atoms with Gasteiger partial charge in [-0.05, 0) is 50.8 Å². The molecule has 1 heterocycles. The van der Waals surface area contributed by atoms with Crippen molar-refractivity contribution in [3.63, 3.8) is 0 Å². The molecule has 0 aromatic heterocycles. The lowest BCUT2D eigenvalue weighted by Gasteiger charge is -2.32. The maximum atomic E-state index is 12.9. The summed E-state index contributed by atoms with van der Waals surface area (Å²) in [7, 11) is 1.58. The van der Waals surface area contributed by atoms with Crippen molar-refractivity contribution in [2.45, 2.75) is 51.9 Å². The Morgan fingerprint density at radius 1 is 1.06 bits per heavy atom. The fraction of sp³-hybridized carbons (Fsp3) is 0.600. The fourth-order valence-corrected chi connectivity index (χ4v) is 4.59. The number of likely N-dealkylation sites (N-methyl/N-ethyl adjacent to an activating group) is 1. The average Bonchev–Trinajstić information content (AvgIpc) is 2.84. The van der Waals surface area contributed by atoms with Crippen molar-refractivity contribution in [1.29, 1.82) is 0 Å². The Bertz CT molecular complexity index is 865. The molecule has 3 rings (SSSR count). The number of carbonyl (C=O) groups excluding carboxylic acids is 4. The zero-order chi connectivity index (χ0) is 23.8. The first-order chi connectivity index (χ1) is 15.9. The van der Waals surface area contributed by atoms with Crippen molar-refractivity contribution in [3.05, 3.63) is 29.8 Å². The molecule has 1 atom stereocenters. The molecule has 8 nitrogen and oxygen atoms in total. The van der Waals surface area contributed by atoms with Crippen LogP contribution in [0.2, 0.25) is 0 Å². The number of nitrogens with one attached hydrogen (secondary N) is 1. The summed E-state index contributed by atoms with van der Waals surface area (Å²) in [6.45, 7) is 2.90. The van der Waals surface area contributed by atoms with Gasteiger partial charge in [-0.15, -0.1) is 0 Å². The topological polar surface area (TPSA) is 96.0 Å². The van der Waals surface area contributed by atoms with Crippen LogP contribution in [0.1, 0.15) is 62.2 Å². The first kappa shape index (κ1) is 24.7. The van der Waals surface area contributed by atoms with Crippen molar-refractivity contribution < 1.29 is 23.9 Å². The van der Waals surface area contributed by atoms with Crippen molar-refractivity contribution in [2.24, 2.45) is 11.8 Å². The Balaban J connectivity index is 1.56. The highest BCUT2D eigenvalue weighted by Crippen LogP contribution is 2.25. The number of esters is 1. The lowest BCUT2D eigenvalue weighted by molar-refractivity contribution is -0.151. The number of piperidine rings is 1. The molecule has 1 saturated heterocycles. The Morgan fingerprint density at radius 2 is 1.79 bits per heavy atom. The SMILES string of the molecule is CCOC(=O)C1CCCN(C(=O)CN(C)C(=O)c2cccc(NC(=O)C3CCCCC3)c2)C1. The summed E-state index contributed by atoms with van der Waals surface area (Å²) in [6, 6.07) is 6.83. The predicted molar refractivity (Wildman–Crippen MR) is 125 cm³/mol. The highest BCUT2D eigenvalue weighted by atomic mass is 16.5. The van der Waals surface area contributed by atoms with Crippen LogP contribution < -0.4 is 5.32 Å². The van der Waals surface area contributed by atoms with Crippen molar-refractivity contribution in [2.75, 3.05) is 38.6 Å². The van der Waals surface area contributed by atoms with Gasteiger partial charge in [-0.25, -0.2) is 0 Å². The fourth-order valence-electron chi connectivity index (χ4n) is 4.59. The van der Waals surface area contributed by atoms with E-state index in [9.17, 15) is 19.2 Å². The first-order valence-corrected chi connectivity index (χ1v) is 12.0. The third-order valence-electron chi connectivity index (χ3n) is 6.47. The molecule has 8 heteroatoms. The molecular formula is C25H35N3O5. The van der Waals surface area contributed by atoms with E-state index >= 15 is 0 Å². The molecule has 33 heavy (non-hydrogen) atoms. The van der Waals surface area contributed by atoms with Crippen LogP contribution in [-0.2, 0) is 19.1 Å². The number of carbonyl (C=O) groups is 4. The lowest BCUT2D eigenvalue weighted by atomic mass is 9.88. The second-order valence-electron chi connectivity index (χ2n) is 9.00. The minimum Gasteiger partial charge on any atom is -0.466 e. The monoisotopic (exact) mass is 457 g/mol. The van der Waals surface area contributed by atoms with E-state index in [2.05, 4.69) is 5.32 Å². The van der Waals surface area contributed by atoms with E-state index in [1.165, 1.54) is 11.3 Å². The summed E-state index contributed by atoms with van der Waals surface area (Å²) < 4.78 is 5.09. The van der Waals surface area contributed by atoms with Gasteiger partial charge < -0.3 is 19.9 Å². The van der Waals surface area contributed by atoms with Crippen molar-refractivity contribution in [3.8, 4) is 0 Å². The van der Waals surface area contributed by atoms with E-state index in [0.29, 0.717) is 37.4 Å². The Kier molecular flexibility index (Phi) is 8.86. The van der Waals surface area contributed by atoms with Crippen LogP contribution >= 0.6 is 0 Å². The number of likely N-dealkylation sites (tertiary alicyclic amines) is 1. The summed E-state index contributed by atoms with van der Waals surface area (Å²) >= 11 is 0. The number of ether oxygens (including phenoxy) is 1. The molecule has 1 aromatic rings. The molecule has 1 aliphatic carbocycles. The summed E-state index contributed by atoms with van der Waals surface area (Å²) in [5, 5.41) is 2.94. The number of anilines is 1. The summed E-state index contributed by atoms with van der Waals surface area (Å²) in [4.78, 5) is 53.3. The highest BCUT2D eigenvalue weighted by Gasteiger charge is 2.30. The molecule has 1 unspecified atom stereocenters. The zero-order valence-electron chi connectivity index (χ0n) is 19.7. The van der Waals surface area contributed by atoms with Gasteiger partial charge in [0.2, 0.25) is 11.8 Å². The summed E-state index contributed by atoms with van der Waals surface area (Å²) in [6.07, 6.45) is 6.58. The van der Waals surface area contributed by atoms with Gasteiger partial charge in [-0.3, -0.25) is 19.2 Å². The molecule has 1 aromatic carbocycles. The van der Waals surface area contributed by atoms with Crippen LogP contribution in [0.15, 0.2) is 24.3 Å². The molecule has 0 spiro atoms. The van der Waals surface area contributed by atoms with Gasteiger partial charge in [0.15, 0.2) is 0 Å². The van der Waals surface area contributed by atoms with E-state index in [0.717, 1.165) is 32.1 Å². The minimum atomic E-state index is -0.312. The molecule has 1 aliphatic heterocycles. The number of hydrogen-bond acceptors (Lipinski definition) is 5. The second kappa shape index (κ2) is 11.8. The molecule has 1 saturated carbocycles. The van der Waals surface area contributed by atoms with Gasteiger partial charge in [0.1, 0.15) is 0 Å². The van der Waals surface area contributed by atoms with Gasteiger partial charge >= 0.3 is 5.97 Å². The molecule has 2 aliphatic rings. The Morgan fingerprint density at radius 3 is 2.52 bits per heavy atom. The molecule has 0 bridgehead atoms. The summed E-state index contributed by atoms with van der Waals surface area (Å²) in [5.41, 5.74) is 0.999. The van der Waals surface area contributed by atoms with E-state index < -0.39 is 0 Å². The van der Waals surface area contributed by atoms with E-state index in [-0.39, 0.29) is 42.1 Å². The number of benzene rings is 1. The maximum Gasteiger partial charge on any atom is 0.310 e. The zero-order valence-corrected chi connectivity index (χ0v) is 19.7. The average molecular weight is 458 g/mol. The van der Waals surface area contributed by atoms with E-state index in [1.807, 2.05) is 0 Å². The highest BCUT2D eigenvalue weighted by molar-refractivity contribution is 5.99. The standard InChI is InChI=1S/C25H35N3O5/c1-3-33-25(32)20-12-8-14-28(16-20)22(29)17-27(2)24(31)19-11-7-13-21(15-19)26-23(30)18-9-5-4-6-10-18/h7,11,13,15,18,20H,3-6,8-10,12,14,16-17H2,1-2H3,(H,26,30). The maximum absolute atomic E-state index is 12.9. The number of rotatable bonds is 7. The van der Waals surface area contributed by atoms with Crippen LogP contribution in [0.5, 0.6) is 0 Å². The quantitative estimate of drug-likeness (QED) is 0.635. The molecule has 2 fully saturated rings. The van der Waals surface area contributed by atoms with Crippen LogP contribution in [0.25, 0.3) is 0 Å². The van der Waals surface area contributed by atoms with Gasteiger partial charge in [-0.2, -0.15) is 0 Å². The van der Waals surface area contributed by atoms with E-state index in [4.69, 9.17) is 4.74 Å². The molecule has 180 valence electrons. The van der Waals surface area contributed by atoms with Crippen molar-refractivity contribution in [1.82, 2.24) is 9.80 Å². The van der Waals surface area contributed by atoms with Crippen LogP contribution in [-0.4, -0.2) is 66.8 Å². The van der Waals surface area contributed by atoms with Crippen LogP contribution in [0.3, 0.4) is 0 Å². The number of amides is 3.